The third kappa shape index (κ3) is 4.59. The van der Waals surface area contributed by atoms with Crippen LogP contribution in [0, 0.1) is 0 Å². The number of hydrogen-bond acceptors (Lipinski definition) is 5. The van der Waals surface area contributed by atoms with Crippen molar-refractivity contribution in [1.29, 1.82) is 0 Å². The van der Waals surface area contributed by atoms with Gasteiger partial charge in [0.1, 0.15) is 11.6 Å². The summed E-state index contributed by atoms with van der Waals surface area (Å²) in [4.78, 5) is 5.77. The molecular formula is C15H14BrN3OS2. The van der Waals surface area contributed by atoms with E-state index >= 15 is 0 Å². The fourth-order valence-corrected chi connectivity index (χ4v) is 3.43. The Balaban J connectivity index is 1.42. The van der Waals surface area contributed by atoms with Crippen LogP contribution in [0.3, 0.4) is 0 Å². The number of hydrogen-bond donors (Lipinski definition) is 1. The zero-order valence-electron chi connectivity index (χ0n) is 11.7. The fraction of sp³-hybridized carbons (Fsp3) is 0.200. The number of nitrogens with one attached hydrogen (secondary N) is 1. The summed E-state index contributed by atoms with van der Waals surface area (Å²) in [5.41, 5.74) is 0. The van der Waals surface area contributed by atoms with Crippen LogP contribution in [0.2, 0.25) is 0 Å². The first-order valence-corrected chi connectivity index (χ1v) is 9.40. The molecule has 7 heteroatoms. The average molecular weight is 396 g/mol. The van der Waals surface area contributed by atoms with E-state index in [-0.39, 0.29) is 0 Å². The fourth-order valence-electron chi connectivity index (χ4n) is 1.82. The molecule has 0 fully saturated rings. The van der Waals surface area contributed by atoms with Gasteiger partial charge in [-0.3, -0.25) is 5.10 Å². The maximum Gasteiger partial charge on any atom is 0.208 e. The number of aromatic nitrogens is 3. The second-order valence-electron chi connectivity index (χ2n) is 4.47. The summed E-state index contributed by atoms with van der Waals surface area (Å²) in [5, 5.41) is 10.0. The molecule has 3 rings (SSSR count). The Morgan fingerprint density at radius 3 is 2.86 bits per heavy atom. The highest BCUT2D eigenvalue weighted by Crippen LogP contribution is 2.18. The Bertz CT molecular complexity index is 698. The van der Waals surface area contributed by atoms with Crippen LogP contribution in [0.5, 0.6) is 5.75 Å². The largest absolute Gasteiger partial charge is 0.493 e. The number of halogens is 1. The molecule has 4 nitrogen and oxygen atoms in total. The maximum atomic E-state index is 5.67. The van der Waals surface area contributed by atoms with Gasteiger partial charge in [0.05, 0.1) is 6.61 Å². The molecule has 0 radical (unpaired) electrons. The molecule has 0 atom stereocenters. The third-order valence-electron chi connectivity index (χ3n) is 2.83. The number of benzene rings is 1. The van der Waals surface area contributed by atoms with E-state index in [2.05, 4.69) is 42.6 Å². The van der Waals surface area contributed by atoms with Crippen LogP contribution in [0.25, 0.3) is 0 Å². The van der Waals surface area contributed by atoms with Crippen LogP contribution < -0.4 is 4.74 Å². The van der Waals surface area contributed by atoms with Crippen LogP contribution in [0.15, 0.2) is 51.4 Å². The Morgan fingerprint density at radius 1 is 1.23 bits per heavy atom. The Hall–Kier alpha value is -1.31. The Kier molecular flexibility index (Phi) is 5.53. The average Bonchev–Trinajstić information content (AvgIpc) is 3.18. The number of nitrogens with zero attached hydrogens (tertiary/aromatic N) is 2. The van der Waals surface area contributed by atoms with Crippen LogP contribution in [-0.2, 0) is 6.42 Å². The van der Waals surface area contributed by atoms with Crippen molar-refractivity contribution in [2.45, 2.75) is 11.6 Å². The maximum absolute atomic E-state index is 5.67. The normalized spacial score (nSPS) is 10.8. The van der Waals surface area contributed by atoms with Gasteiger partial charge in [0.25, 0.3) is 0 Å². The molecule has 2 aromatic heterocycles. The molecule has 0 spiro atoms. The van der Waals surface area contributed by atoms with Gasteiger partial charge < -0.3 is 4.74 Å². The first kappa shape index (κ1) is 15.6. The minimum atomic E-state index is 0.626. The summed E-state index contributed by atoms with van der Waals surface area (Å²) in [6, 6.07) is 12.0. The molecule has 3 aromatic rings. The van der Waals surface area contributed by atoms with Crippen molar-refractivity contribution in [3.8, 4) is 5.75 Å². The smallest absolute Gasteiger partial charge is 0.208 e. The van der Waals surface area contributed by atoms with Crippen molar-refractivity contribution in [3.05, 3.63) is 57.0 Å². The number of rotatable bonds is 7. The highest BCUT2D eigenvalue weighted by Gasteiger charge is 2.05. The molecule has 0 aliphatic carbocycles. The second-order valence-corrected chi connectivity index (χ2v) is 7.48. The van der Waals surface area contributed by atoms with Crippen molar-refractivity contribution in [2.24, 2.45) is 0 Å². The van der Waals surface area contributed by atoms with Gasteiger partial charge in [-0.25, -0.2) is 4.98 Å². The van der Waals surface area contributed by atoms with Gasteiger partial charge in [-0.2, -0.15) is 0 Å². The van der Waals surface area contributed by atoms with Gasteiger partial charge in [0.2, 0.25) is 5.16 Å². The van der Waals surface area contributed by atoms with E-state index < -0.39 is 0 Å². The highest BCUT2D eigenvalue weighted by molar-refractivity contribution is 9.10. The van der Waals surface area contributed by atoms with E-state index in [1.54, 1.807) is 23.1 Å². The number of ether oxygens (including phenoxy) is 1. The third-order valence-corrected chi connectivity index (χ3v) is 5.05. The SMILES string of the molecule is Brc1ccc(OCCSc2n[nH]c(Cc3cccs3)n2)cc1. The molecule has 0 saturated heterocycles. The van der Waals surface area contributed by atoms with Crippen LogP contribution in [0.1, 0.15) is 10.7 Å². The van der Waals surface area contributed by atoms with E-state index in [0.717, 1.165) is 33.4 Å². The van der Waals surface area contributed by atoms with E-state index in [1.807, 2.05) is 30.3 Å². The number of thioether (sulfide) groups is 1. The molecule has 0 amide bonds. The summed E-state index contributed by atoms with van der Waals surface area (Å²) in [7, 11) is 0. The topological polar surface area (TPSA) is 50.8 Å². The minimum absolute atomic E-state index is 0.626. The number of aromatic amines is 1. The molecule has 0 aliphatic rings. The summed E-state index contributed by atoms with van der Waals surface area (Å²) in [5.74, 6) is 2.59. The standard InChI is InChI=1S/C15H14BrN3OS2/c16-11-3-5-12(6-4-11)20-7-9-22-15-17-14(18-19-15)10-13-2-1-8-21-13/h1-6,8H,7,9-10H2,(H,17,18,19). The summed E-state index contributed by atoms with van der Waals surface area (Å²) < 4.78 is 6.72. The van der Waals surface area contributed by atoms with Gasteiger partial charge >= 0.3 is 0 Å². The molecule has 114 valence electrons. The lowest BCUT2D eigenvalue weighted by molar-refractivity contribution is 0.344. The molecule has 22 heavy (non-hydrogen) atoms. The Morgan fingerprint density at radius 2 is 2.09 bits per heavy atom. The summed E-state index contributed by atoms with van der Waals surface area (Å²) in [6.45, 7) is 0.626. The molecule has 0 bridgehead atoms. The molecule has 1 aromatic carbocycles. The van der Waals surface area contributed by atoms with Crippen molar-refractivity contribution in [1.82, 2.24) is 15.2 Å². The van der Waals surface area contributed by atoms with Crippen molar-refractivity contribution in [2.75, 3.05) is 12.4 Å². The van der Waals surface area contributed by atoms with Gasteiger partial charge in [0.15, 0.2) is 0 Å². The lowest BCUT2D eigenvalue weighted by atomic mass is 10.3. The van der Waals surface area contributed by atoms with Crippen molar-refractivity contribution in [3.63, 3.8) is 0 Å². The van der Waals surface area contributed by atoms with Crippen LogP contribution in [-0.4, -0.2) is 27.5 Å². The predicted octanol–water partition coefficient (Wildman–Crippen LogP) is 4.39. The monoisotopic (exact) mass is 395 g/mol. The zero-order valence-corrected chi connectivity index (χ0v) is 14.9. The summed E-state index contributed by atoms with van der Waals surface area (Å²) >= 11 is 6.72. The van der Waals surface area contributed by atoms with E-state index in [0.29, 0.717) is 6.61 Å². The van der Waals surface area contributed by atoms with Crippen molar-refractivity contribution < 1.29 is 4.74 Å². The highest BCUT2D eigenvalue weighted by atomic mass is 79.9. The van der Waals surface area contributed by atoms with Gasteiger partial charge in [0, 0.05) is 21.5 Å². The Labute approximate surface area is 145 Å². The minimum Gasteiger partial charge on any atom is -0.493 e. The van der Waals surface area contributed by atoms with Crippen LogP contribution >= 0.6 is 39.0 Å². The van der Waals surface area contributed by atoms with E-state index in [1.165, 1.54) is 4.88 Å². The molecule has 0 aliphatic heterocycles. The van der Waals surface area contributed by atoms with Gasteiger partial charge in [-0.15, -0.1) is 16.4 Å². The van der Waals surface area contributed by atoms with Crippen LogP contribution in [0.4, 0.5) is 0 Å². The zero-order chi connectivity index (χ0) is 15.2. The predicted molar refractivity (Wildman–Crippen MR) is 93.9 cm³/mol. The van der Waals surface area contributed by atoms with Gasteiger partial charge in [-0.1, -0.05) is 33.8 Å². The lowest BCUT2D eigenvalue weighted by Crippen LogP contribution is -2.00. The van der Waals surface area contributed by atoms with Crippen molar-refractivity contribution >= 4 is 39.0 Å². The molecular weight excluding hydrogens is 382 g/mol. The summed E-state index contributed by atoms with van der Waals surface area (Å²) in [6.07, 6.45) is 0.806. The first-order valence-electron chi connectivity index (χ1n) is 6.74. The van der Waals surface area contributed by atoms with Gasteiger partial charge in [-0.05, 0) is 35.7 Å². The molecule has 1 N–H and O–H groups in total. The molecule has 0 unspecified atom stereocenters. The van der Waals surface area contributed by atoms with E-state index in [4.69, 9.17) is 4.74 Å². The lowest BCUT2D eigenvalue weighted by Gasteiger charge is -2.04. The van der Waals surface area contributed by atoms with E-state index in [9.17, 15) is 0 Å². The first-order chi connectivity index (χ1) is 10.8. The number of thiophene rings is 1. The second kappa shape index (κ2) is 7.80. The quantitative estimate of drug-likeness (QED) is 0.475. The number of H-pyrrole nitrogens is 1. The molecule has 2 heterocycles. The molecule has 0 saturated carbocycles.